The number of aliphatic hydroxyl groups excluding tert-OH is 3. The smallest absolute Gasteiger partial charge is 0.230 e. The topological polar surface area (TPSA) is 125 Å². The van der Waals surface area contributed by atoms with E-state index in [-0.39, 0.29) is 26.3 Å². The van der Waals surface area contributed by atoms with Gasteiger partial charge in [-0.05, 0) is 6.07 Å². The van der Waals surface area contributed by atoms with Crippen LogP contribution >= 0.6 is 0 Å². The van der Waals surface area contributed by atoms with E-state index < -0.39 is 36.2 Å². The zero-order chi connectivity index (χ0) is 23.8. The number of ether oxygens (including phenoxy) is 1. The number of hydrogen-bond acceptors (Lipinski definition) is 6. The maximum absolute atomic E-state index is 11.4. The Morgan fingerprint density at radius 1 is 1.00 bits per heavy atom. The molecule has 195 valence electrons. The fraction of sp³-hybridized carbons (Fsp3) is 0.750. The van der Waals surface area contributed by atoms with Crippen molar-refractivity contribution in [2.45, 2.75) is 109 Å². The molecule has 2 heterocycles. The molecule has 4 N–H and O–H groups in total. The molecule has 1 radical (unpaired) electrons. The number of hydrogen-bond donors (Lipinski definition) is 4. The van der Waals surface area contributed by atoms with Gasteiger partial charge in [0, 0.05) is 20.1 Å². The van der Waals surface area contributed by atoms with E-state index in [4.69, 9.17) is 9.84 Å². The van der Waals surface area contributed by atoms with Gasteiger partial charge >= 0.3 is 0 Å². The molecule has 1 aliphatic rings. The van der Waals surface area contributed by atoms with Gasteiger partial charge in [0.15, 0.2) is 0 Å². The Hall–Kier alpha value is -0.961. The minimum atomic E-state index is -1.43. The van der Waals surface area contributed by atoms with Gasteiger partial charge in [0.2, 0.25) is 11.2 Å². The van der Waals surface area contributed by atoms with E-state index in [9.17, 15) is 19.8 Å². The van der Waals surface area contributed by atoms with E-state index in [2.05, 4.69) is 13.8 Å². The van der Waals surface area contributed by atoms with Crippen molar-refractivity contribution in [2.75, 3.05) is 6.61 Å². The Morgan fingerprint density at radius 3 is 1.94 bits per heavy atom. The van der Waals surface area contributed by atoms with Crippen LogP contribution in [0.3, 0.4) is 0 Å². The summed E-state index contributed by atoms with van der Waals surface area (Å²) >= 11 is 0. The summed E-state index contributed by atoms with van der Waals surface area (Å²) in [6, 6.07) is 1.07. The van der Waals surface area contributed by atoms with Crippen LogP contribution in [0.1, 0.15) is 90.4 Å². The fourth-order valence-corrected chi connectivity index (χ4v) is 3.60. The van der Waals surface area contributed by atoms with Crippen LogP contribution in [-0.4, -0.2) is 49.8 Å². The summed E-state index contributed by atoms with van der Waals surface area (Å²) in [5, 5.41) is 28.0. The average molecular weight is 647 g/mol. The van der Waals surface area contributed by atoms with Crippen molar-refractivity contribution in [3.8, 4) is 0 Å². The third-order valence-corrected chi connectivity index (χ3v) is 5.57. The molecule has 2 rings (SSSR count). The zero-order valence-corrected chi connectivity index (χ0v) is 22.2. The molecule has 33 heavy (non-hydrogen) atoms. The molecule has 0 aromatic carbocycles. The molecule has 0 spiro atoms. The third kappa shape index (κ3) is 12.3. The molecule has 1 aromatic heterocycles. The Kier molecular flexibility index (Phi) is 18.8. The molecule has 0 aliphatic carbocycles. The number of aromatic nitrogens is 2. The monoisotopic (exact) mass is 647 g/mol. The van der Waals surface area contributed by atoms with Crippen molar-refractivity contribution in [3.63, 3.8) is 0 Å². The molecular formula is C24H42IrN2O6-2. The van der Waals surface area contributed by atoms with Gasteiger partial charge < -0.3 is 41.3 Å². The number of aliphatic hydroxyl groups is 3. The fourth-order valence-electron chi connectivity index (χ4n) is 3.60. The van der Waals surface area contributed by atoms with Crippen LogP contribution in [0, 0.1) is 13.2 Å². The number of aromatic amines is 1. The summed E-state index contributed by atoms with van der Waals surface area (Å²) in [5.41, 5.74) is -1.38. The number of nitrogens with one attached hydrogen (secondary N) is 1. The predicted octanol–water partition coefficient (Wildman–Crippen LogP) is 2.90. The molecule has 1 saturated heterocycles. The van der Waals surface area contributed by atoms with Gasteiger partial charge in [0.05, 0.1) is 12.8 Å². The van der Waals surface area contributed by atoms with Crippen LogP contribution in [0.15, 0.2) is 21.9 Å². The molecule has 0 unspecified atom stereocenters. The van der Waals surface area contributed by atoms with Gasteiger partial charge in [-0.15, -0.1) is 0 Å². The molecule has 0 amide bonds. The standard InChI is InChI=1S/C15H31.C9H11N2O6.Ir/c1-3-5-7-9-11-13-15-14-12-10-8-6-4-2;12-3-4-6(14)7(15)8(17-4)11-2-1-5(13)10-9(11)16;/h1,3-15H2,2H3;1-2,4,6-7,12,14-15H,3H2,(H,10,13,16);/q2*-1;/t;4-,6-,7-;/m.1./s1. The summed E-state index contributed by atoms with van der Waals surface area (Å²) in [4.78, 5) is 24.3. The number of nitrogens with zero attached hydrogens (tertiary/aromatic N) is 1. The molecular weight excluding hydrogens is 604 g/mol. The second-order valence-electron chi connectivity index (χ2n) is 8.34. The summed E-state index contributed by atoms with van der Waals surface area (Å²) in [5.74, 6) is 0. The van der Waals surface area contributed by atoms with Crippen molar-refractivity contribution in [1.29, 1.82) is 0 Å². The second kappa shape index (κ2) is 19.4. The third-order valence-electron chi connectivity index (χ3n) is 5.57. The van der Waals surface area contributed by atoms with Gasteiger partial charge in [0.1, 0.15) is 18.3 Å². The molecule has 0 bridgehead atoms. The van der Waals surface area contributed by atoms with Gasteiger partial charge in [-0.2, -0.15) is 6.42 Å². The van der Waals surface area contributed by atoms with Crippen LogP contribution in [0.5, 0.6) is 0 Å². The summed E-state index contributed by atoms with van der Waals surface area (Å²) < 4.78 is 5.92. The summed E-state index contributed by atoms with van der Waals surface area (Å²) in [6.45, 7) is 5.65. The quantitative estimate of drug-likeness (QED) is 0.182. The van der Waals surface area contributed by atoms with E-state index in [1.54, 1.807) is 0 Å². The van der Waals surface area contributed by atoms with Crippen molar-refractivity contribution in [3.05, 3.63) is 46.3 Å². The largest absolute Gasteiger partial charge is 0.411 e. The summed E-state index contributed by atoms with van der Waals surface area (Å²) in [7, 11) is 0. The first kappa shape index (κ1) is 32.0. The average Bonchev–Trinajstić information content (AvgIpc) is 3.06. The first-order chi connectivity index (χ1) is 15.5. The molecule has 3 atom stereocenters. The van der Waals surface area contributed by atoms with Crippen LogP contribution in [0.4, 0.5) is 0 Å². The Morgan fingerprint density at radius 2 is 1.52 bits per heavy atom. The number of rotatable bonds is 14. The zero-order valence-electron chi connectivity index (χ0n) is 19.8. The first-order valence-corrected chi connectivity index (χ1v) is 12.1. The van der Waals surface area contributed by atoms with Crippen molar-refractivity contribution < 1.29 is 40.2 Å². The minimum absolute atomic E-state index is 0. The van der Waals surface area contributed by atoms with E-state index in [0.717, 1.165) is 23.3 Å². The van der Waals surface area contributed by atoms with E-state index >= 15 is 0 Å². The molecule has 8 nitrogen and oxygen atoms in total. The molecule has 9 heteroatoms. The normalized spacial score (nSPS) is 19.7. The molecule has 1 aromatic rings. The van der Waals surface area contributed by atoms with Crippen LogP contribution in [0.25, 0.3) is 0 Å². The van der Waals surface area contributed by atoms with Crippen molar-refractivity contribution in [2.24, 2.45) is 0 Å². The van der Waals surface area contributed by atoms with Gasteiger partial charge in [-0.25, -0.2) is 0 Å². The van der Waals surface area contributed by atoms with Gasteiger partial charge in [0.25, 0.3) is 0 Å². The Labute approximate surface area is 211 Å². The maximum atomic E-state index is 11.4. The van der Waals surface area contributed by atoms with E-state index in [1.807, 2.05) is 4.98 Å². The van der Waals surface area contributed by atoms with Crippen molar-refractivity contribution >= 4 is 0 Å². The number of unbranched alkanes of at least 4 members (excludes halogenated alkanes) is 12. The summed E-state index contributed by atoms with van der Waals surface area (Å²) in [6.07, 6.45) is 15.5. The van der Waals surface area contributed by atoms with Crippen molar-refractivity contribution in [1.82, 2.24) is 9.55 Å². The molecule has 0 saturated carbocycles. The van der Waals surface area contributed by atoms with Gasteiger partial charge in [-0.3, -0.25) is 4.79 Å². The second-order valence-corrected chi connectivity index (χ2v) is 8.34. The molecule has 1 fully saturated rings. The van der Waals surface area contributed by atoms with Gasteiger partial charge in [-0.1, -0.05) is 90.2 Å². The minimum Gasteiger partial charge on any atom is -0.411 e. The SMILES string of the molecule is O=c1ccn([C-]2O[C@H](CO)[C@@H](O)[C@H]2O)c(=O)[nH]1.[CH2-]CCCCCCCCCCCCCC.[Ir]. The molecule has 1 aliphatic heterocycles. The van der Waals surface area contributed by atoms with E-state index in [0.29, 0.717) is 0 Å². The predicted molar refractivity (Wildman–Crippen MR) is 125 cm³/mol. The van der Waals surface area contributed by atoms with Crippen LogP contribution in [-0.2, 0) is 24.8 Å². The Bertz CT molecular complexity index is 699. The Balaban J connectivity index is 0.000000609. The maximum Gasteiger partial charge on any atom is 0.230 e. The number of H-pyrrole nitrogens is 1. The first-order valence-electron chi connectivity index (χ1n) is 12.1. The van der Waals surface area contributed by atoms with E-state index in [1.165, 1.54) is 77.0 Å². The van der Waals surface area contributed by atoms with Crippen LogP contribution in [0.2, 0.25) is 0 Å². The van der Waals surface area contributed by atoms with Crippen LogP contribution < -0.4 is 11.2 Å².